The molecule has 1 aromatic heterocycles. The van der Waals surface area contributed by atoms with Gasteiger partial charge in [0.15, 0.2) is 0 Å². The van der Waals surface area contributed by atoms with Crippen LogP contribution in [0.4, 0.5) is 5.13 Å². The SMILES string of the molecule is CCC(CC)c1nnc(NC(=O)C(C)(C)C)s1. The summed E-state index contributed by atoms with van der Waals surface area (Å²) < 4.78 is 0. The number of nitrogens with zero attached hydrogens (tertiary/aromatic N) is 2. The molecule has 1 amide bonds. The largest absolute Gasteiger partial charge is 0.300 e. The van der Waals surface area contributed by atoms with E-state index in [1.165, 1.54) is 11.3 Å². The van der Waals surface area contributed by atoms with Crippen LogP contribution in [0.3, 0.4) is 0 Å². The van der Waals surface area contributed by atoms with Crippen molar-refractivity contribution < 1.29 is 4.79 Å². The zero-order valence-electron chi connectivity index (χ0n) is 11.2. The van der Waals surface area contributed by atoms with Crippen LogP contribution in [0.15, 0.2) is 0 Å². The molecular formula is C12H21N3OS. The molecule has 0 saturated carbocycles. The molecule has 0 aliphatic carbocycles. The minimum atomic E-state index is -0.402. The third-order valence-electron chi connectivity index (χ3n) is 2.68. The highest BCUT2D eigenvalue weighted by Gasteiger charge is 2.23. The molecule has 0 saturated heterocycles. The molecular weight excluding hydrogens is 234 g/mol. The van der Waals surface area contributed by atoms with E-state index >= 15 is 0 Å². The number of carbonyl (C=O) groups is 1. The van der Waals surface area contributed by atoms with Crippen LogP contribution >= 0.6 is 11.3 Å². The molecule has 0 atom stereocenters. The van der Waals surface area contributed by atoms with Crippen molar-refractivity contribution in [3.63, 3.8) is 0 Å². The fraction of sp³-hybridized carbons (Fsp3) is 0.750. The van der Waals surface area contributed by atoms with Crippen LogP contribution < -0.4 is 5.32 Å². The number of hydrogen-bond acceptors (Lipinski definition) is 4. The summed E-state index contributed by atoms with van der Waals surface area (Å²) in [6.45, 7) is 9.92. The van der Waals surface area contributed by atoms with Gasteiger partial charge in [-0.25, -0.2) is 0 Å². The lowest BCUT2D eigenvalue weighted by molar-refractivity contribution is -0.123. The molecule has 0 bridgehead atoms. The van der Waals surface area contributed by atoms with Gasteiger partial charge in [-0.15, -0.1) is 10.2 Å². The van der Waals surface area contributed by atoms with Crippen molar-refractivity contribution in [2.24, 2.45) is 5.41 Å². The van der Waals surface area contributed by atoms with Gasteiger partial charge in [0.25, 0.3) is 0 Å². The minimum absolute atomic E-state index is 0.0234. The van der Waals surface area contributed by atoms with Gasteiger partial charge in [-0.2, -0.15) is 0 Å². The Morgan fingerprint density at radius 3 is 2.35 bits per heavy atom. The Bertz CT molecular complexity index is 377. The Morgan fingerprint density at radius 2 is 1.88 bits per heavy atom. The molecule has 1 aromatic rings. The van der Waals surface area contributed by atoms with E-state index in [-0.39, 0.29) is 5.91 Å². The van der Waals surface area contributed by atoms with Crippen LogP contribution in [0.25, 0.3) is 0 Å². The number of anilines is 1. The Hall–Kier alpha value is -0.970. The van der Waals surface area contributed by atoms with Gasteiger partial charge in [0.2, 0.25) is 11.0 Å². The van der Waals surface area contributed by atoms with Gasteiger partial charge in [0, 0.05) is 11.3 Å². The zero-order chi connectivity index (χ0) is 13.1. The molecule has 0 radical (unpaired) electrons. The van der Waals surface area contributed by atoms with Crippen molar-refractivity contribution in [3.05, 3.63) is 5.01 Å². The molecule has 4 nitrogen and oxygen atoms in total. The molecule has 0 fully saturated rings. The maximum atomic E-state index is 11.8. The Balaban J connectivity index is 2.72. The summed E-state index contributed by atoms with van der Waals surface area (Å²) in [7, 11) is 0. The van der Waals surface area contributed by atoms with Crippen molar-refractivity contribution >= 4 is 22.4 Å². The second kappa shape index (κ2) is 5.58. The molecule has 0 aliphatic heterocycles. The standard InChI is InChI=1S/C12H21N3OS/c1-6-8(7-2)9-14-15-11(17-9)13-10(16)12(3,4)5/h8H,6-7H2,1-5H3,(H,13,15,16). The highest BCUT2D eigenvalue weighted by molar-refractivity contribution is 7.15. The average molecular weight is 255 g/mol. The number of aromatic nitrogens is 2. The maximum Gasteiger partial charge on any atom is 0.231 e. The topological polar surface area (TPSA) is 54.9 Å². The van der Waals surface area contributed by atoms with E-state index in [9.17, 15) is 4.79 Å². The van der Waals surface area contributed by atoms with Crippen molar-refractivity contribution in [2.45, 2.75) is 53.4 Å². The number of hydrogen-bond donors (Lipinski definition) is 1. The first kappa shape index (κ1) is 14.1. The summed E-state index contributed by atoms with van der Waals surface area (Å²) in [5, 5.41) is 12.6. The fourth-order valence-corrected chi connectivity index (χ4v) is 2.38. The second-order valence-electron chi connectivity index (χ2n) is 5.16. The predicted molar refractivity (Wildman–Crippen MR) is 71.3 cm³/mol. The van der Waals surface area contributed by atoms with Gasteiger partial charge in [-0.1, -0.05) is 46.0 Å². The van der Waals surface area contributed by atoms with Gasteiger partial charge >= 0.3 is 0 Å². The zero-order valence-corrected chi connectivity index (χ0v) is 12.0. The average Bonchev–Trinajstić information content (AvgIpc) is 2.67. The molecule has 1 rings (SSSR count). The first-order chi connectivity index (χ1) is 7.88. The van der Waals surface area contributed by atoms with E-state index < -0.39 is 5.41 Å². The summed E-state index contributed by atoms with van der Waals surface area (Å²) in [6.07, 6.45) is 2.11. The minimum Gasteiger partial charge on any atom is -0.300 e. The van der Waals surface area contributed by atoms with E-state index in [1.54, 1.807) is 0 Å². The third-order valence-corrected chi connectivity index (χ3v) is 3.68. The number of nitrogens with one attached hydrogen (secondary N) is 1. The van der Waals surface area contributed by atoms with Crippen molar-refractivity contribution in [2.75, 3.05) is 5.32 Å². The van der Waals surface area contributed by atoms with E-state index in [1.807, 2.05) is 20.8 Å². The van der Waals surface area contributed by atoms with E-state index in [0.29, 0.717) is 11.0 Å². The van der Waals surface area contributed by atoms with Crippen LogP contribution in [-0.2, 0) is 4.79 Å². The summed E-state index contributed by atoms with van der Waals surface area (Å²) >= 11 is 1.48. The highest BCUT2D eigenvalue weighted by Crippen LogP contribution is 2.28. The van der Waals surface area contributed by atoms with E-state index in [0.717, 1.165) is 17.8 Å². The van der Waals surface area contributed by atoms with Gasteiger partial charge in [-0.3, -0.25) is 4.79 Å². The second-order valence-corrected chi connectivity index (χ2v) is 6.17. The highest BCUT2D eigenvalue weighted by atomic mass is 32.1. The number of amides is 1. The van der Waals surface area contributed by atoms with Crippen molar-refractivity contribution in [1.82, 2.24) is 10.2 Å². The van der Waals surface area contributed by atoms with Crippen LogP contribution in [-0.4, -0.2) is 16.1 Å². The van der Waals surface area contributed by atoms with Crippen LogP contribution in [0, 0.1) is 5.41 Å². The quantitative estimate of drug-likeness (QED) is 0.896. The van der Waals surface area contributed by atoms with Crippen LogP contribution in [0.2, 0.25) is 0 Å². The number of rotatable bonds is 4. The van der Waals surface area contributed by atoms with Crippen LogP contribution in [0.1, 0.15) is 58.4 Å². The number of carbonyl (C=O) groups excluding carboxylic acids is 1. The molecule has 0 aliphatic rings. The van der Waals surface area contributed by atoms with E-state index in [2.05, 4.69) is 29.4 Å². The van der Waals surface area contributed by atoms with Gasteiger partial charge in [0.1, 0.15) is 5.01 Å². The lowest BCUT2D eigenvalue weighted by Gasteiger charge is -2.15. The summed E-state index contributed by atoms with van der Waals surface area (Å²) in [5.74, 6) is 0.428. The summed E-state index contributed by atoms with van der Waals surface area (Å²) in [5.41, 5.74) is -0.402. The maximum absolute atomic E-state index is 11.8. The smallest absolute Gasteiger partial charge is 0.231 e. The monoisotopic (exact) mass is 255 g/mol. The van der Waals surface area contributed by atoms with Gasteiger partial charge < -0.3 is 5.32 Å². The molecule has 1 heterocycles. The molecule has 0 aromatic carbocycles. The van der Waals surface area contributed by atoms with Gasteiger partial charge in [-0.05, 0) is 12.8 Å². The predicted octanol–water partition coefficient (Wildman–Crippen LogP) is 3.43. The normalized spacial score (nSPS) is 11.9. The fourth-order valence-electron chi connectivity index (χ4n) is 1.37. The molecule has 0 unspecified atom stereocenters. The Kier molecular flexibility index (Phi) is 4.62. The first-order valence-corrected chi connectivity index (χ1v) is 6.85. The summed E-state index contributed by atoms with van der Waals surface area (Å²) in [6, 6.07) is 0. The van der Waals surface area contributed by atoms with E-state index in [4.69, 9.17) is 0 Å². The summed E-state index contributed by atoms with van der Waals surface area (Å²) in [4.78, 5) is 11.8. The first-order valence-electron chi connectivity index (χ1n) is 6.03. The molecule has 1 N–H and O–H groups in total. The lowest BCUT2D eigenvalue weighted by atomic mass is 9.96. The van der Waals surface area contributed by atoms with Crippen LogP contribution in [0.5, 0.6) is 0 Å². The Labute approximate surface area is 107 Å². The lowest BCUT2D eigenvalue weighted by Crippen LogP contribution is -2.27. The third kappa shape index (κ3) is 3.77. The van der Waals surface area contributed by atoms with Crippen molar-refractivity contribution in [1.29, 1.82) is 0 Å². The molecule has 17 heavy (non-hydrogen) atoms. The van der Waals surface area contributed by atoms with Gasteiger partial charge in [0.05, 0.1) is 0 Å². The Morgan fingerprint density at radius 1 is 1.29 bits per heavy atom. The molecule has 96 valence electrons. The molecule has 5 heteroatoms. The molecule has 0 spiro atoms. The van der Waals surface area contributed by atoms with Crippen molar-refractivity contribution in [3.8, 4) is 0 Å².